The summed E-state index contributed by atoms with van der Waals surface area (Å²) in [6.45, 7) is 7.09. The third-order valence-corrected chi connectivity index (χ3v) is 3.69. The second-order valence-electron chi connectivity index (χ2n) is 5.40. The van der Waals surface area contributed by atoms with Gasteiger partial charge in [-0.05, 0) is 57.4 Å². The quantitative estimate of drug-likeness (QED) is 0.790. The van der Waals surface area contributed by atoms with Crippen molar-refractivity contribution >= 4 is 5.69 Å². The van der Waals surface area contributed by atoms with Crippen molar-refractivity contribution in [3.63, 3.8) is 0 Å². The molecule has 0 amide bonds. The molecule has 1 heterocycles. The van der Waals surface area contributed by atoms with E-state index in [-0.39, 0.29) is 0 Å². The van der Waals surface area contributed by atoms with Gasteiger partial charge in [0.15, 0.2) is 0 Å². The Kier molecular flexibility index (Phi) is 3.20. The van der Waals surface area contributed by atoms with Gasteiger partial charge in [-0.25, -0.2) is 0 Å². The van der Waals surface area contributed by atoms with E-state index in [1.807, 2.05) is 12.1 Å². The molecular weight excluding hydrogens is 196 g/mol. The SMILES string of the molecule is CC1(C)CCCN1CCc1cccc(N)c1. The molecule has 1 saturated heterocycles. The lowest BCUT2D eigenvalue weighted by Crippen LogP contribution is -2.39. The third kappa shape index (κ3) is 2.56. The molecule has 2 N–H and O–H groups in total. The second-order valence-corrected chi connectivity index (χ2v) is 5.40. The Morgan fingerprint density at radius 3 is 2.81 bits per heavy atom. The van der Waals surface area contributed by atoms with Crippen molar-refractivity contribution in [3.8, 4) is 0 Å². The minimum atomic E-state index is 0.389. The molecule has 0 unspecified atom stereocenters. The Balaban J connectivity index is 1.92. The van der Waals surface area contributed by atoms with Crippen LogP contribution in [0.25, 0.3) is 0 Å². The van der Waals surface area contributed by atoms with E-state index in [0.29, 0.717) is 5.54 Å². The van der Waals surface area contributed by atoms with E-state index in [4.69, 9.17) is 5.73 Å². The van der Waals surface area contributed by atoms with E-state index in [9.17, 15) is 0 Å². The standard InChI is InChI=1S/C14H22N2/c1-14(2)8-4-9-16(14)10-7-12-5-3-6-13(15)11-12/h3,5-6,11H,4,7-10,15H2,1-2H3. The summed E-state index contributed by atoms with van der Waals surface area (Å²) < 4.78 is 0. The average molecular weight is 218 g/mol. The number of anilines is 1. The van der Waals surface area contributed by atoms with Crippen LogP contribution in [0.3, 0.4) is 0 Å². The summed E-state index contributed by atoms with van der Waals surface area (Å²) in [5.74, 6) is 0. The molecule has 0 atom stereocenters. The van der Waals surface area contributed by atoms with Crippen LogP contribution < -0.4 is 5.73 Å². The smallest absolute Gasteiger partial charge is 0.0316 e. The molecule has 0 aliphatic carbocycles. The van der Waals surface area contributed by atoms with Gasteiger partial charge in [-0.1, -0.05) is 12.1 Å². The fourth-order valence-electron chi connectivity index (χ4n) is 2.59. The Morgan fingerprint density at radius 1 is 1.38 bits per heavy atom. The highest BCUT2D eigenvalue weighted by Crippen LogP contribution is 2.28. The first-order valence-electron chi connectivity index (χ1n) is 6.17. The molecule has 0 radical (unpaired) electrons. The van der Waals surface area contributed by atoms with Crippen LogP contribution in [-0.2, 0) is 6.42 Å². The summed E-state index contributed by atoms with van der Waals surface area (Å²) in [5.41, 5.74) is 8.39. The van der Waals surface area contributed by atoms with Crippen LogP contribution in [0, 0.1) is 0 Å². The van der Waals surface area contributed by atoms with Gasteiger partial charge in [-0.3, -0.25) is 4.90 Å². The van der Waals surface area contributed by atoms with Gasteiger partial charge in [-0.15, -0.1) is 0 Å². The second kappa shape index (κ2) is 4.46. The lowest BCUT2D eigenvalue weighted by atomic mass is 10.0. The van der Waals surface area contributed by atoms with Gasteiger partial charge in [-0.2, -0.15) is 0 Å². The fraction of sp³-hybridized carbons (Fsp3) is 0.571. The lowest BCUT2D eigenvalue weighted by molar-refractivity contribution is 0.177. The van der Waals surface area contributed by atoms with Gasteiger partial charge in [0.05, 0.1) is 0 Å². The summed E-state index contributed by atoms with van der Waals surface area (Å²) in [6.07, 6.45) is 3.77. The molecule has 1 fully saturated rings. The minimum absolute atomic E-state index is 0.389. The van der Waals surface area contributed by atoms with Crippen LogP contribution in [-0.4, -0.2) is 23.5 Å². The normalized spacial score (nSPS) is 20.1. The highest BCUT2D eigenvalue weighted by Gasteiger charge is 2.30. The van der Waals surface area contributed by atoms with E-state index < -0.39 is 0 Å². The third-order valence-electron chi connectivity index (χ3n) is 3.69. The first-order chi connectivity index (χ1) is 7.58. The predicted octanol–water partition coefficient (Wildman–Crippen LogP) is 2.69. The molecule has 1 aliphatic heterocycles. The molecule has 2 heteroatoms. The minimum Gasteiger partial charge on any atom is -0.399 e. The van der Waals surface area contributed by atoms with Crippen LogP contribution in [0.4, 0.5) is 5.69 Å². The summed E-state index contributed by atoms with van der Waals surface area (Å²) in [7, 11) is 0. The van der Waals surface area contributed by atoms with Gasteiger partial charge >= 0.3 is 0 Å². The topological polar surface area (TPSA) is 29.3 Å². The van der Waals surface area contributed by atoms with Crippen molar-refractivity contribution in [1.29, 1.82) is 0 Å². The number of benzene rings is 1. The van der Waals surface area contributed by atoms with E-state index in [2.05, 4.69) is 30.9 Å². The Hall–Kier alpha value is -1.02. The Morgan fingerprint density at radius 2 is 2.19 bits per heavy atom. The summed E-state index contributed by atoms with van der Waals surface area (Å²) >= 11 is 0. The van der Waals surface area contributed by atoms with Crippen molar-refractivity contribution in [3.05, 3.63) is 29.8 Å². The van der Waals surface area contributed by atoms with Crippen molar-refractivity contribution in [2.24, 2.45) is 0 Å². The highest BCUT2D eigenvalue weighted by molar-refractivity contribution is 5.40. The maximum absolute atomic E-state index is 5.78. The molecular formula is C14H22N2. The number of nitrogens with zero attached hydrogens (tertiary/aromatic N) is 1. The number of hydrogen-bond donors (Lipinski definition) is 1. The van der Waals surface area contributed by atoms with Crippen LogP contribution in [0.5, 0.6) is 0 Å². The molecule has 2 rings (SSSR count). The molecule has 0 spiro atoms. The average Bonchev–Trinajstić information content (AvgIpc) is 2.55. The van der Waals surface area contributed by atoms with Crippen molar-refractivity contribution < 1.29 is 0 Å². The zero-order valence-electron chi connectivity index (χ0n) is 10.4. The van der Waals surface area contributed by atoms with E-state index in [1.165, 1.54) is 24.9 Å². The van der Waals surface area contributed by atoms with Crippen molar-refractivity contribution in [2.75, 3.05) is 18.8 Å². The fourth-order valence-corrected chi connectivity index (χ4v) is 2.59. The van der Waals surface area contributed by atoms with Crippen LogP contribution in [0.1, 0.15) is 32.3 Å². The van der Waals surface area contributed by atoms with Gasteiger partial charge < -0.3 is 5.73 Å². The molecule has 1 aromatic rings. The van der Waals surface area contributed by atoms with Crippen LogP contribution in [0.2, 0.25) is 0 Å². The number of nitrogen functional groups attached to an aromatic ring is 1. The summed E-state index contributed by atoms with van der Waals surface area (Å²) in [6, 6.07) is 8.24. The number of likely N-dealkylation sites (tertiary alicyclic amines) is 1. The van der Waals surface area contributed by atoms with Crippen LogP contribution >= 0.6 is 0 Å². The van der Waals surface area contributed by atoms with Gasteiger partial charge in [0.1, 0.15) is 0 Å². The zero-order valence-corrected chi connectivity index (χ0v) is 10.4. The molecule has 0 bridgehead atoms. The van der Waals surface area contributed by atoms with E-state index >= 15 is 0 Å². The first-order valence-corrected chi connectivity index (χ1v) is 6.17. The largest absolute Gasteiger partial charge is 0.399 e. The zero-order chi connectivity index (χ0) is 11.6. The number of nitrogens with two attached hydrogens (primary N) is 1. The maximum Gasteiger partial charge on any atom is 0.0316 e. The molecule has 2 nitrogen and oxygen atoms in total. The highest BCUT2D eigenvalue weighted by atomic mass is 15.2. The van der Waals surface area contributed by atoms with Crippen molar-refractivity contribution in [2.45, 2.75) is 38.6 Å². The molecule has 16 heavy (non-hydrogen) atoms. The van der Waals surface area contributed by atoms with E-state index in [0.717, 1.165) is 18.7 Å². The van der Waals surface area contributed by atoms with Crippen molar-refractivity contribution in [1.82, 2.24) is 4.90 Å². The molecule has 1 aromatic carbocycles. The molecule has 88 valence electrons. The lowest BCUT2D eigenvalue weighted by Gasteiger charge is -2.31. The molecule has 1 aliphatic rings. The monoisotopic (exact) mass is 218 g/mol. The molecule has 0 aromatic heterocycles. The van der Waals surface area contributed by atoms with Crippen LogP contribution in [0.15, 0.2) is 24.3 Å². The van der Waals surface area contributed by atoms with Gasteiger partial charge in [0.25, 0.3) is 0 Å². The predicted molar refractivity (Wildman–Crippen MR) is 69.4 cm³/mol. The van der Waals surface area contributed by atoms with Gasteiger partial charge in [0, 0.05) is 17.8 Å². The molecule has 0 saturated carbocycles. The first kappa shape index (κ1) is 11.5. The summed E-state index contributed by atoms with van der Waals surface area (Å²) in [4.78, 5) is 2.59. The number of rotatable bonds is 3. The summed E-state index contributed by atoms with van der Waals surface area (Å²) in [5, 5.41) is 0. The Bertz CT molecular complexity index is 358. The number of hydrogen-bond acceptors (Lipinski definition) is 2. The maximum atomic E-state index is 5.78. The van der Waals surface area contributed by atoms with E-state index in [1.54, 1.807) is 0 Å². The van der Waals surface area contributed by atoms with Gasteiger partial charge in [0.2, 0.25) is 0 Å². The Labute approximate surface area is 98.4 Å².